The lowest BCUT2D eigenvalue weighted by atomic mass is 10.1. The highest BCUT2D eigenvalue weighted by atomic mass is 16.2. The van der Waals surface area contributed by atoms with Gasteiger partial charge in [0.05, 0.1) is 6.04 Å². The molecule has 2 aromatic rings. The zero-order chi connectivity index (χ0) is 17.6. The van der Waals surface area contributed by atoms with Crippen LogP contribution in [-0.2, 0) is 6.42 Å². The second-order valence-electron chi connectivity index (χ2n) is 6.71. The molecule has 1 aliphatic heterocycles. The van der Waals surface area contributed by atoms with Crippen molar-refractivity contribution in [3.8, 4) is 0 Å². The molecule has 25 heavy (non-hydrogen) atoms. The normalized spacial score (nSPS) is 17.0. The van der Waals surface area contributed by atoms with Crippen LogP contribution < -0.4 is 5.32 Å². The summed E-state index contributed by atoms with van der Waals surface area (Å²) in [4.78, 5) is 18.9. The van der Waals surface area contributed by atoms with E-state index in [-0.39, 0.29) is 12.1 Å². The molecule has 0 bridgehead atoms. The van der Waals surface area contributed by atoms with Crippen molar-refractivity contribution < 1.29 is 4.79 Å². The molecule has 1 atom stereocenters. The quantitative estimate of drug-likeness (QED) is 0.773. The second-order valence-corrected chi connectivity index (χ2v) is 6.71. The summed E-state index contributed by atoms with van der Waals surface area (Å²) < 4.78 is 0. The molecule has 0 saturated carbocycles. The largest absolute Gasteiger partial charge is 0.322 e. The number of urea groups is 1. The van der Waals surface area contributed by atoms with Crippen molar-refractivity contribution in [1.29, 1.82) is 0 Å². The maximum Gasteiger partial charge on any atom is 0.322 e. The Bertz CT molecular complexity index is 694. The van der Waals surface area contributed by atoms with Crippen molar-refractivity contribution in [2.45, 2.75) is 58.4 Å². The highest BCUT2D eigenvalue weighted by Crippen LogP contribution is 2.30. The lowest BCUT2D eigenvalue weighted by molar-refractivity contribution is 0.205. The summed E-state index contributed by atoms with van der Waals surface area (Å²) in [5, 5.41) is 10.1. The number of nitrogens with one attached hydrogen (secondary N) is 2. The first kappa shape index (κ1) is 17.5. The van der Waals surface area contributed by atoms with Gasteiger partial charge in [-0.1, -0.05) is 31.9 Å². The van der Waals surface area contributed by atoms with Crippen LogP contribution in [0.4, 0.5) is 10.5 Å². The molecule has 0 radical (unpaired) electrons. The zero-order valence-corrected chi connectivity index (χ0v) is 15.1. The van der Waals surface area contributed by atoms with Crippen molar-refractivity contribution in [3.63, 3.8) is 0 Å². The van der Waals surface area contributed by atoms with E-state index in [1.54, 1.807) is 0 Å². The van der Waals surface area contributed by atoms with Crippen molar-refractivity contribution in [3.05, 3.63) is 41.5 Å². The third-order valence-corrected chi connectivity index (χ3v) is 4.70. The van der Waals surface area contributed by atoms with E-state index in [9.17, 15) is 4.79 Å². The van der Waals surface area contributed by atoms with Gasteiger partial charge in [-0.3, -0.25) is 5.10 Å². The molecule has 0 spiro atoms. The number of H-pyrrole nitrogens is 1. The highest BCUT2D eigenvalue weighted by molar-refractivity contribution is 5.89. The number of aromatic nitrogens is 3. The van der Waals surface area contributed by atoms with Crippen LogP contribution in [-0.4, -0.2) is 32.7 Å². The van der Waals surface area contributed by atoms with Crippen LogP contribution >= 0.6 is 0 Å². The molecule has 2 amide bonds. The molecule has 1 fully saturated rings. The average Bonchev–Trinajstić information content (AvgIpc) is 3.25. The molecular formula is C19H27N5O. The standard InChI is InChI=1S/C19H27N5O/c1-3-4-5-7-15-9-11-16(12-10-15)21-19(25)24-13-6-8-17(24)18-20-14(2)22-23-18/h9-12,17H,3-8,13H2,1-2H3,(H,21,25)(H,20,22,23). The SMILES string of the molecule is CCCCCc1ccc(NC(=O)N2CCCC2c2n[nH]c(C)n2)cc1. The molecule has 1 aromatic heterocycles. The van der Waals surface area contributed by atoms with Crippen LogP contribution in [0.25, 0.3) is 0 Å². The van der Waals surface area contributed by atoms with Crippen LogP contribution in [0, 0.1) is 6.92 Å². The molecule has 2 heterocycles. The number of carbonyl (C=O) groups excluding carboxylic acids is 1. The van der Waals surface area contributed by atoms with Crippen molar-refractivity contribution in [2.24, 2.45) is 0 Å². The van der Waals surface area contributed by atoms with E-state index in [2.05, 4.69) is 39.6 Å². The summed E-state index contributed by atoms with van der Waals surface area (Å²) in [6.07, 6.45) is 6.68. The van der Waals surface area contributed by atoms with E-state index in [4.69, 9.17) is 0 Å². The van der Waals surface area contributed by atoms with E-state index < -0.39 is 0 Å². The molecule has 1 aromatic carbocycles. The van der Waals surface area contributed by atoms with Gasteiger partial charge in [-0.05, 0) is 50.3 Å². The van der Waals surface area contributed by atoms with Crippen LogP contribution in [0.3, 0.4) is 0 Å². The zero-order valence-electron chi connectivity index (χ0n) is 15.1. The van der Waals surface area contributed by atoms with Crippen molar-refractivity contribution >= 4 is 11.7 Å². The van der Waals surface area contributed by atoms with Gasteiger partial charge in [-0.15, -0.1) is 0 Å². The average molecular weight is 341 g/mol. The third-order valence-electron chi connectivity index (χ3n) is 4.70. The molecular weight excluding hydrogens is 314 g/mol. The number of aryl methyl sites for hydroxylation is 2. The van der Waals surface area contributed by atoms with Gasteiger partial charge in [-0.25, -0.2) is 9.78 Å². The van der Waals surface area contributed by atoms with Crippen LogP contribution in [0.1, 0.15) is 62.3 Å². The summed E-state index contributed by atoms with van der Waals surface area (Å²) in [5.74, 6) is 1.48. The molecule has 134 valence electrons. The Hall–Kier alpha value is -2.37. The van der Waals surface area contributed by atoms with Gasteiger partial charge in [0.1, 0.15) is 5.82 Å². The van der Waals surface area contributed by atoms with Crippen LogP contribution in [0.2, 0.25) is 0 Å². The van der Waals surface area contributed by atoms with Gasteiger partial charge in [-0.2, -0.15) is 5.10 Å². The first-order valence-electron chi connectivity index (χ1n) is 9.23. The number of benzene rings is 1. The fourth-order valence-electron chi connectivity index (χ4n) is 3.32. The van der Waals surface area contributed by atoms with Gasteiger partial charge < -0.3 is 10.2 Å². The first-order valence-corrected chi connectivity index (χ1v) is 9.23. The minimum absolute atomic E-state index is 0.0433. The molecule has 1 unspecified atom stereocenters. The number of anilines is 1. The smallest absolute Gasteiger partial charge is 0.314 e. The molecule has 2 N–H and O–H groups in total. The van der Waals surface area contributed by atoms with Crippen LogP contribution in [0.5, 0.6) is 0 Å². The monoisotopic (exact) mass is 341 g/mol. The summed E-state index contributed by atoms with van der Waals surface area (Å²) in [6, 6.07) is 8.06. The van der Waals surface area contributed by atoms with Gasteiger partial charge >= 0.3 is 6.03 Å². The fraction of sp³-hybridized carbons (Fsp3) is 0.526. The molecule has 1 aliphatic rings. The number of hydrogen-bond acceptors (Lipinski definition) is 3. The number of likely N-dealkylation sites (tertiary alicyclic amines) is 1. The molecule has 0 aliphatic carbocycles. The number of amides is 2. The Morgan fingerprint density at radius 1 is 1.32 bits per heavy atom. The Morgan fingerprint density at radius 2 is 2.12 bits per heavy atom. The summed E-state index contributed by atoms with van der Waals surface area (Å²) >= 11 is 0. The predicted molar refractivity (Wildman–Crippen MR) is 98.5 cm³/mol. The minimum atomic E-state index is -0.0799. The number of rotatable bonds is 6. The second kappa shape index (κ2) is 8.14. The van der Waals surface area contributed by atoms with Gasteiger partial charge in [0.25, 0.3) is 0 Å². The summed E-state index contributed by atoms with van der Waals surface area (Å²) in [6.45, 7) is 4.82. The number of aromatic amines is 1. The van der Waals surface area contributed by atoms with E-state index in [0.717, 1.165) is 37.3 Å². The summed E-state index contributed by atoms with van der Waals surface area (Å²) in [5.41, 5.74) is 2.16. The minimum Gasteiger partial charge on any atom is -0.314 e. The topological polar surface area (TPSA) is 73.9 Å². The lowest BCUT2D eigenvalue weighted by Gasteiger charge is -2.23. The Kier molecular flexibility index (Phi) is 5.68. The van der Waals surface area contributed by atoms with E-state index in [1.807, 2.05) is 24.0 Å². The Labute approximate surface area is 149 Å². The summed E-state index contributed by atoms with van der Waals surface area (Å²) in [7, 11) is 0. The van der Waals surface area contributed by atoms with Crippen LogP contribution in [0.15, 0.2) is 24.3 Å². The first-order chi connectivity index (χ1) is 12.2. The number of unbranched alkanes of at least 4 members (excludes halogenated alkanes) is 2. The molecule has 1 saturated heterocycles. The maximum atomic E-state index is 12.7. The van der Waals surface area contributed by atoms with Gasteiger partial charge in [0, 0.05) is 12.2 Å². The Morgan fingerprint density at radius 3 is 2.80 bits per heavy atom. The fourth-order valence-corrected chi connectivity index (χ4v) is 3.32. The number of carbonyl (C=O) groups is 1. The van der Waals surface area contributed by atoms with Crippen molar-refractivity contribution in [1.82, 2.24) is 20.1 Å². The van der Waals surface area contributed by atoms with E-state index in [1.165, 1.54) is 24.8 Å². The third kappa shape index (κ3) is 4.38. The number of nitrogens with zero attached hydrogens (tertiary/aromatic N) is 3. The van der Waals surface area contributed by atoms with Gasteiger partial charge in [0.2, 0.25) is 0 Å². The van der Waals surface area contributed by atoms with E-state index in [0.29, 0.717) is 5.82 Å². The molecule has 3 rings (SSSR count). The molecule has 6 nitrogen and oxygen atoms in total. The Balaban J connectivity index is 1.59. The predicted octanol–water partition coefficient (Wildman–Crippen LogP) is 4.21. The van der Waals surface area contributed by atoms with Gasteiger partial charge in [0.15, 0.2) is 5.82 Å². The van der Waals surface area contributed by atoms with Crippen molar-refractivity contribution in [2.75, 3.05) is 11.9 Å². The lowest BCUT2D eigenvalue weighted by Crippen LogP contribution is -2.34. The number of hydrogen-bond donors (Lipinski definition) is 2. The van der Waals surface area contributed by atoms with E-state index >= 15 is 0 Å². The molecule has 6 heteroatoms. The maximum absolute atomic E-state index is 12.7. The highest BCUT2D eigenvalue weighted by Gasteiger charge is 2.32.